The van der Waals surface area contributed by atoms with E-state index in [1.54, 1.807) is 36.4 Å². The largest absolute Gasteiger partial charge is 0.491 e. The number of anilines is 1. The van der Waals surface area contributed by atoms with Crippen LogP contribution in [0.4, 0.5) is 5.69 Å². The first-order valence-electron chi connectivity index (χ1n) is 7.90. The Morgan fingerprint density at radius 3 is 2.96 bits per heavy atom. The first kappa shape index (κ1) is 16.0. The molecule has 122 valence electrons. The van der Waals surface area contributed by atoms with Crippen molar-refractivity contribution < 1.29 is 14.3 Å². The summed E-state index contributed by atoms with van der Waals surface area (Å²) in [7, 11) is 0. The Bertz CT molecular complexity index is 761. The Morgan fingerprint density at radius 1 is 1.29 bits per heavy atom. The lowest BCUT2D eigenvalue weighted by Crippen LogP contribution is -2.16. The summed E-state index contributed by atoms with van der Waals surface area (Å²) in [6.45, 7) is 1.31. The number of nitrogens with zero attached hydrogens (tertiary/aromatic N) is 1. The molecule has 2 aromatic carbocycles. The standard InChI is InChI=1S/C19H18N2O3/c20-12-14-4-1-5-15(10-14)19(22)21-16-6-2-7-17(11-16)24-13-18-8-3-9-23-18/h1-2,4-7,10-11,18H,3,8-9,13H2,(H,21,22)/t18-/m0/s1. The van der Waals surface area contributed by atoms with Gasteiger partial charge in [0.25, 0.3) is 5.91 Å². The zero-order chi connectivity index (χ0) is 16.8. The quantitative estimate of drug-likeness (QED) is 0.916. The van der Waals surface area contributed by atoms with E-state index < -0.39 is 0 Å². The average Bonchev–Trinajstić information content (AvgIpc) is 3.14. The van der Waals surface area contributed by atoms with Crippen LogP contribution in [-0.2, 0) is 4.74 Å². The van der Waals surface area contributed by atoms with E-state index in [0.717, 1.165) is 19.4 Å². The second-order valence-corrected chi connectivity index (χ2v) is 5.62. The molecule has 1 heterocycles. The number of benzene rings is 2. The molecule has 1 aliphatic rings. The molecule has 1 aliphatic heterocycles. The van der Waals surface area contributed by atoms with Crippen LogP contribution in [0.1, 0.15) is 28.8 Å². The minimum atomic E-state index is -0.261. The molecule has 0 bridgehead atoms. The molecule has 1 N–H and O–H groups in total. The number of rotatable bonds is 5. The highest BCUT2D eigenvalue weighted by molar-refractivity contribution is 6.04. The third kappa shape index (κ3) is 4.12. The van der Waals surface area contributed by atoms with E-state index >= 15 is 0 Å². The van der Waals surface area contributed by atoms with Gasteiger partial charge in [-0.25, -0.2) is 0 Å². The zero-order valence-corrected chi connectivity index (χ0v) is 13.2. The number of hydrogen-bond donors (Lipinski definition) is 1. The highest BCUT2D eigenvalue weighted by Crippen LogP contribution is 2.20. The number of carbonyl (C=O) groups excluding carboxylic acids is 1. The van der Waals surface area contributed by atoms with Gasteiger partial charge in [-0.1, -0.05) is 12.1 Å². The van der Waals surface area contributed by atoms with Crippen LogP contribution in [0.2, 0.25) is 0 Å². The fraction of sp³-hybridized carbons (Fsp3) is 0.263. The minimum Gasteiger partial charge on any atom is -0.491 e. The molecular formula is C19H18N2O3. The van der Waals surface area contributed by atoms with Gasteiger partial charge in [-0.05, 0) is 43.2 Å². The van der Waals surface area contributed by atoms with Gasteiger partial charge in [-0.3, -0.25) is 4.79 Å². The number of nitrogens with one attached hydrogen (secondary N) is 1. The van der Waals surface area contributed by atoms with Crippen molar-refractivity contribution in [1.29, 1.82) is 5.26 Å². The van der Waals surface area contributed by atoms with Gasteiger partial charge in [0.1, 0.15) is 12.4 Å². The third-order valence-electron chi connectivity index (χ3n) is 3.81. The number of nitriles is 1. The van der Waals surface area contributed by atoms with E-state index in [4.69, 9.17) is 14.7 Å². The van der Waals surface area contributed by atoms with E-state index in [1.807, 2.05) is 18.2 Å². The SMILES string of the molecule is N#Cc1cccc(C(=O)Nc2cccc(OC[C@@H]3CCCO3)c2)c1. The van der Waals surface area contributed by atoms with Crippen molar-refractivity contribution in [3.8, 4) is 11.8 Å². The van der Waals surface area contributed by atoms with Crippen LogP contribution in [-0.4, -0.2) is 25.2 Å². The molecule has 1 atom stereocenters. The lowest BCUT2D eigenvalue weighted by Gasteiger charge is -2.12. The van der Waals surface area contributed by atoms with Crippen molar-refractivity contribution in [1.82, 2.24) is 0 Å². The van der Waals surface area contributed by atoms with Crippen molar-refractivity contribution in [3.05, 3.63) is 59.7 Å². The van der Waals surface area contributed by atoms with E-state index in [-0.39, 0.29) is 12.0 Å². The summed E-state index contributed by atoms with van der Waals surface area (Å²) < 4.78 is 11.3. The predicted molar refractivity (Wildman–Crippen MR) is 90.0 cm³/mol. The molecule has 0 radical (unpaired) electrons. The summed E-state index contributed by atoms with van der Waals surface area (Å²) in [5, 5.41) is 11.7. The maximum Gasteiger partial charge on any atom is 0.255 e. The van der Waals surface area contributed by atoms with Crippen LogP contribution in [0.3, 0.4) is 0 Å². The van der Waals surface area contributed by atoms with Gasteiger partial charge in [0.2, 0.25) is 0 Å². The average molecular weight is 322 g/mol. The lowest BCUT2D eigenvalue weighted by molar-refractivity contribution is 0.0680. The highest BCUT2D eigenvalue weighted by atomic mass is 16.5. The topological polar surface area (TPSA) is 71.4 Å². The second kappa shape index (κ2) is 7.62. The fourth-order valence-electron chi connectivity index (χ4n) is 2.56. The third-order valence-corrected chi connectivity index (χ3v) is 3.81. The molecule has 0 unspecified atom stereocenters. The number of amides is 1. The van der Waals surface area contributed by atoms with Crippen LogP contribution in [0, 0.1) is 11.3 Å². The summed E-state index contributed by atoms with van der Waals surface area (Å²) >= 11 is 0. The second-order valence-electron chi connectivity index (χ2n) is 5.62. The monoisotopic (exact) mass is 322 g/mol. The summed E-state index contributed by atoms with van der Waals surface area (Å²) in [5.74, 6) is 0.428. The molecule has 1 fully saturated rings. The summed E-state index contributed by atoms with van der Waals surface area (Å²) in [6.07, 6.45) is 2.24. The summed E-state index contributed by atoms with van der Waals surface area (Å²) in [5.41, 5.74) is 1.54. The van der Waals surface area contributed by atoms with Crippen molar-refractivity contribution in [2.24, 2.45) is 0 Å². The zero-order valence-electron chi connectivity index (χ0n) is 13.2. The number of carbonyl (C=O) groups is 1. The molecule has 24 heavy (non-hydrogen) atoms. The first-order valence-corrected chi connectivity index (χ1v) is 7.90. The molecular weight excluding hydrogens is 304 g/mol. The van der Waals surface area contributed by atoms with Crippen LogP contribution >= 0.6 is 0 Å². The molecule has 5 heteroatoms. The molecule has 5 nitrogen and oxygen atoms in total. The normalized spacial score (nSPS) is 16.4. The van der Waals surface area contributed by atoms with E-state index in [0.29, 0.717) is 29.2 Å². The van der Waals surface area contributed by atoms with Gasteiger partial charge in [0, 0.05) is 23.9 Å². The van der Waals surface area contributed by atoms with Gasteiger partial charge in [-0.15, -0.1) is 0 Å². The van der Waals surface area contributed by atoms with E-state index in [1.165, 1.54) is 0 Å². The van der Waals surface area contributed by atoms with Gasteiger partial charge in [0.15, 0.2) is 0 Å². The Labute approximate surface area is 140 Å². The molecule has 0 saturated carbocycles. The molecule has 0 aromatic heterocycles. The van der Waals surface area contributed by atoms with Crippen LogP contribution < -0.4 is 10.1 Å². The van der Waals surface area contributed by atoms with Crippen LogP contribution in [0.5, 0.6) is 5.75 Å². The van der Waals surface area contributed by atoms with Crippen molar-refractivity contribution >= 4 is 11.6 Å². The van der Waals surface area contributed by atoms with E-state index in [2.05, 4.69) is 5.32 Å². The van der Waals surface area contributed by atoms with Crippen molar-refractivity contribution in [2.75, 3.05) is 18.5 Å². The first-order chi connectivity index (χ1) is 11.7. The van der Waals surface area contributed by atoms with Gasteiger partial charge < -0.3 is 14.8 Å². The molecule has 1 saturated heterocycles. The van der Waals surface area contributed by atoms with Crippen molar-refractivity contribution in [3.63, 3.8) is 0 Å². The Balaban J connectivity index is 1.63. The Hall–Kier alpha value is -2.84. The highest BCUT2D eigenvalue weighted by Gasteiger charge is 2.16. The van der Waals surface area contributed by atoms with Gasteiger partial charge in [0.05, 0.1) is 17.7 Å². The Kier molecular flexibility index (Phi) is 5.09. The Morgan fingerprint density at radius 2 is 2.17 bits per heavy atom. The minimum absolute atomic E-state index is 0.150. The number of ether oxygens (including phenoxy) is 2. The molecule has 0 aliphatic carbocycles. The van der Waals surface area contributed by atoms with Crippen LogP contribution in [0.25, 0.3) is 0 Å². The fourth-order valence-corrected chi connectivity index (χ4v) is 2.56. The van der Waals surface area contributed by atoms with E-state index in [9.17, 15) is 4.79 Å². The predicted octanol–water partition coefficient (Wildman–Crippen LogP) is 3.37. The summed E-state index contributed by atoms with van der Waals surface area (Å²) in [4.78, 5) is 12.3. The molecule has 1 amide bonds. The smallest absolute Gasteiger partial charge is 0.255 e. The molecule has 3 rings (SSSR count). The maximum absolute atomic E-state index is 12.3. The van der Waals surface area contributed by atoms with Gasteiger partial charge in [-0.2, -0.15) is 5.26 Å². The lowest BCUT2D eigenvalue weighted by atomic mass is 10.1. The van der Waals surface area contributed by atoms with Gasteiger partial charge >= 0.3 is 0 Å². The van der Waals surface area contributed by atoms with Crippen LogP contribution in [0.15, 0.2) is 48.5 Å². The molecule has 0 spiro atoms. The molecule has 2 aromatic rings. The van der Waals surface area contributed by atoms with Crippen molar-refractivity contribution in [2.45, 2.75) is 18.9 Å². The number of hydrogen-bond acceptors (Lipinski definition) is 4. The summed E-state index contributed by atoms with van der Waals surface area (Å²) in [6, 6.07) is 15.9. The maximum atomic E-state index is 12.3.